The molecule has 0 aliphatic rings. The molecular formula is C14H14F3N3O. The number of halogens is 3. The van der Waals surface area contributed by atoms with Crippen molar-refractivity contribution in [2.75, 3.05) is 17.7 Å². The summed E-state index contributed by atoms with van der Waals surface area (Å²) in [5.74, 6) is -1.45. The molecular weight excluding hydrogens is 283 g/mol. The third-order valence-corrected chi connectivity index (χ3v) is 2.88. The molecule has 0 fully saturated rings. The Balaban J connectivity index is 2.25. The summed E-state index contributed by atoms with van der Waals surface area (Å²) in [6.07, 6.45) is 3.28. The first-order valence-corrected chi connectivity index (χ1v) is 6.11. The second kappa shape index (κ2) is 6.34. The molecule has 0 saturated heterocycles. The molecule has 2 N–H and O–H groups in total. The lowest BCUT2D eigenvalue weighted by Gasteiger charge is -2.22. The summed E-state index contributed by atoms with van der Waals surface area (Å²) in [6, 6.07) is 5.76. The highest BCUT2D eigenvalue weighted by Crippen LogP contribution is 2.32. The van der Waals surface area contributed by atoms with Crippen molar-refractivity contribution < 1.29 is 17.9 Å². The molecule has 0 saturated carbocycles. The Bertz CT molecular complexity index is 608. The Kier molecular flexibility index (Phi) is 4.52. The molecule has 0 amide bonds. The molecule has 21 heavy (non-hydrogen) atoms. The van der Waals surface area contributed by atoms with Crippen LogP contribution in [0, 0.1) is 5.82 Å². The highest BCUT2D eigenvalue weighted by atomic mass is 19.3. The van der Waals surface area contributed by atoms with Crippen LogP contribution in [0.4, 0.5) is 24.5 Å². The van der Waals surface area contributed by atoms with Gasteiger partial charge in [-0.15, -0.1) is 0 Å². The van der Waals surface area contributed by atoms with Crippen LogP contribution in [0.1, 0.15) is 5.56 Å². The molecule has 4 nitrogen and oxygen atoms in total. The minimum absolute atomic E-state index is 0.144. The van der Waals surface area contributed by atoms with Crippen molar-refractivity contribution in [3.05, 3.63) is 48.0 Å². The Hall–Kier alpha value is -2.44. The molecule has 2 rings (SSSR count). The molecule has 1 aromatic heterocycles. The topological polar surface area (TPSA) is 51.4 Å². The maximum Gasteiger partial charge on any atom is 0.387 e. The van der Waals surface area contributed by atoms with E-state index >= 15 is 0 Å². The molecule has 0 unspecified atom stereocenters. The number of aromatic nitrogens is 1. The van der Waals surface area contributed by atoms with E-state index in [1.165, 1.54) is 0 Å². The van der Waals surface area contributed by atoms with Crippen LogP contribution in [0.3, 0.4) is 0 Å². The Labute approximate surface area is 120 Å². The van der Waals surface area contributed by atoms with E-state index in [2.05, 4.69) is 9.72 Å². The number of pyridine rings is 1. The molecule has 0 aliphatic carbocycles. The van der Waals surface area contributed by atoms with Crippen molar-refractivity contribution in [3.8, 4) is 5.75 Å². The van der Waals surface area contributed by atoms with Gasteiger partial charge in [0, 0.05) is 38.1 Å². The molecule has 0 atom stereocenters. The molecule has 7 heteroatoms. The van der Waals surface area contributed by atoms with Crippen molar-refractivity contribution in [1.29, 1.82) is 0 Å². The van der Waals surface area contributed by atoms with Crippen molar-refractivity contribution in [3.63, 3.8) is 0 Å². The summed E-state index contributed by atoms with van der Waals surface area (Å²) in [7, 11) is 1.72. The third kappa shape index (κ3) is 3.77. The fraction of sp³-hybridized carbons (Fsp3) is 0.214. The van der Waals surface area contributed by atoms with E-state index < -0.39 is 18.2 Å². The quantitative estimate of drug-likeness (QED) is 0.862. The first-order valence-electron chi connectivity index (χ1n) is 6.11. The zero-order valence-electron chi connectivity index (χ0n) is 11.3. The second-order valence-electron chi connectivity index (χ2n) is 4.43. The van der Waals surface area contributed by atoms with Crippen LogP contribution < -0.4 is 15.4 Å². The predicted octanol–water partition coefficient (Wildman–Crippen LogP) is 3.04. The highest BCUT2D eigenvalue weighted by Gasteiger charge is 2.15. The van der Waals surface area contributed by atoms with E-state index in [9.17, 15) is 13.2 Å². The second-order valence-corrected chi connectivity index (χ2v) is 4.43. The Morgan fingerprint density at radius 2 is 1.95 bits per heavy atom. The normalized spacial score (nSPS) is 10.7. The van der Waals surface area contributed by atoms with Gasteiger partial charge in [-0.25, -0.2) is 4.39 Å². The van der Waals surface area contributed by atoms with Gasteiger partial charge < -0.3 is 15.4 Å². The first-order chi connectivity index (χ1) is 9.97. The summed E-state index contributed by atoms with van der Waals surface area (Å²) in [4.78, 5) is 5.62. The van der Waals surface area contributed by atoms with Gasteiger partial charge in [-0.05, 0) is 17.7 Å². The minimum atomic E-state index is -3.10. The smallest absolute Gasteiger partial charge is 0.387 e. The van der Waals surface area contributed by atoms with Gasteiger partial charge in [0.2, 0.25) is 0 Å². The van der Waals surface area contributed by atoms with Crippen LogP contribution in [0.5, 0.6) is 5.75 Å². The fourth-order valence-electron chi connectivity index (χ4n) is 1.92. The number of nitrogens with zero attached hydrogens (tertiary/aromatic N) is 2. The number of ether oxygens (including phenoxy) is 1. The minimum Gasteiger partial charge on any atom is -0.432 e. The molecule has 0 spiro atoms. The van der Waals surface area contributed by atoms with E-state index in [1.54, 1.807) is 24.3 Å². The van der Waals surface area contributed by atoms with E-state index in [0.717, 1.165) is 17.7 Å². The SMILES string of the molecule is CN(Cc1ccncc1)c1cc(OC(F)F)c(F)cc1N. The molecule has 1 aromatic carbocycles. The largest absolute Gasteiger partial charge is 0.432 e. The lowest BCUT2D eigenvalue weighted by molar-refractivity contribution is -0.0521. The summed E-state index contributed by atoms with van der Waals surface area (Å²) < 4.78 is 42.1. The Morgan fingerprint density at radius 1 is 1.29 bits per heavy atom. The van der Waals surface area contributed by atoms with Crippen LogP contribution >= 0.6 is 0 Å². The lowest BCUT2D eigenvalue weighted by Crippen LogP contribution is -2.18. The van der Waals surface area contributed by atoms with Crippen molar-refractivity contribution in [2.24, 2.45) is 0 Å². The number of anilines is 2. The number of nitrogen functional groups attached to an aromatic ring is 1. The zero-order valence-corrected chi connectivity index (χ0v) is 11.3. The van der Waals surface area contributed by atoms with Gasteiger partial charge in [-0.2, -0.15) is 8.78 Å². The van der Waals surface area contributed by atoms with Crippen LogP contribution in [0.25, 0.3) is 0 Å². The number of alkyl halides is 2. The van der Waals surface area contributed by atoms with E-state index in [-0.39, 0.29) is 5.69 Å². The first kappa shape index (κ1) is 15.0. The fourth-order valence-corrected chi connectivity index (χ4v) is 1.92. The molecule has 0 radical (unpaired) electrons. The molecule has 0 aliphatic heterocycles. The van der Waals surface area contributed by atoms with Gasteiger partial charge in [-0.3, -0.25) is 4.98 Å². The number of benzene rings is 1. The summed E-state index contributed by atoms with van der Waals surface area (Å²) >= 11 is 0. The number of nitrogens with two attached hydrogens (primary N) is 1. The third-order valence-electron chi connectivity index (χ3n) is 2.88. The van der Waals surface area contributed by atoms with E-state index in [0.29, 0.717) is 12.2 Å². The predicted molar refractivity (Wildman–Crippen MR) is 73.8 cm³/mol. The van der Waals surface area contributed by atoms with Crippen LogP contribution in [0.2, 0.25) is 0 Å². The average molecular weight is 297 g/mol. The monoisotopic (exact) mass is 297 g/mol. The molecule has 0 bridgehead atoms. The van der Waals surface area contributed by atoms with E-state index in [4.69, 9.17) is 5.73 Å². The summed E-state index contributed by atoms with van der Waals surface area (Å²) in [6.45, 7) is -2.63. The van der Waals surface area contributed by atoms with Crippen LogP contribution in [-0.4, -0.2) is 18.6 Å². The van der Waals surface area contributed by atoms with Crippen LogP contribution in [-0.2, 0) is 6.54 Å². The number of rotatable bonds is 5. The van der Waals surface area contributed by atoms with Crippen molar-refractivity contribution >= 4 is 11.4 Å². The van der Waals surface area contributed by atoms with Gasteiger partial charge in [0.25, 0.3) is 0 Å². The maximum absolute atomic E-state index is 13.5. The van der Waals surface area contributed by atoms with Gasteiger partial charge in [0.1, 0.15) is 0 Å². The van der Waals surface area contributed by atoms with Crippen molar-refractivity contribution in [2.45, 2.75) is 13.2 Å². The number of hydrogen-bond acceptors (Lipinski definition) is 4. The summed E-state index contributed by atoms with van der Waals surface area (Å²) in [5, 5.41) is 0. The van der Waals surface area contributed by atoms with Gasteiger partial charge in [0.15, 0.2) is 11.6 Å². The lowest BCUT2D eigenvalue weighted by atomic mass is 10.2. The maximum atomic E-state index is 13.5. The van der Waals surface area contributed by atoms with Crippen molar-refractivity contribution in [1.82, 2.24) is 4.98 Å². The van der Waals surface area contributed by atoms with E-state index in [1.807, 2.05) is 12.1 Å². The average Bonchev–Trinajstić information content (AvgIpc) is 2.42. The summed E-state index contributed by atoms with van der Waals surface area (Å²) in [5.41, 5.74) is 7.24. The standard InChI is InChI=1S/C14H14F3N3O/c1-20(8-9-2-4-19-5-3-9)12-7-13(21-14(16)17)10(15)6-11(12)18/h2-7,14H,8,18H2,1H3. The van der Waals surface area contributed by atoms with Gasteiger partial charge in [0.05, 0.1) is 11.4 Å². The Morgan fingerprint density at radius 3 is 2.57 bits per heavy atom. The number of hydrogen-bond donors (Lipinski definition) is 1. The zero-order chi connectivity index (χ0) is 15.4. The molecule has 112 valence electrons. The van der Waals surface area contributed by atoms with Crippen LogP contribution in [0.15, 0.2) is 36.7 Å². The molecule has 2 aromatic rings. The van der Waals surface area contributed by atoms with Gasteiger partial charge in [-0.1, -0.05) is 0 Å². The van der Waals surface area contributed by atoms with Gasteiger partial charge >= 0.3 is 6.61 Å². The molecule has 1 heterocycles. The highest BCUT2D eigenvalue weighted by molar-refractivity contribution is 5.69.